The normalized spacial score (nSPS) is 10.8. The maximum Gasteiger partial charge on any atom is 3.00 e. The molecule has 0 aromatic rings. The Bertz CT molecular complexity index is 573. The Kier molecular flexibility index (Phi) is 17.4. The molecule has 0 aromatic carbocycles. The van der Waals surface area contributed by atoms with Crippen molar-refractivity contribution in [2.24, 2.45) is 0 Å². The standard InChI is InChI=1S/3C5H5F3O2.Fe/c3*1-3(9)2-4(10)5(6,7)8;/h3*2H2,1H3;/q;;;+3. The topological polar surface area (TPSA) is 102 Å². The molecule has 1 radical (unpaired) electrons. The maximum absolute atomic E-state index is 11.3. The Hall–Kier alpha value is -2.09. The third-order valence-corrected chi connectivity index (χ3v) is 2.18. The van der Waals surface area contributed by atoms with Crippen molar-refractivity contribution in [3.8, 4) is 0 Å². The van der Waals surface area contributed by atoms with Crippen molar-refractivity contribution in [1.82, 2.24) is 0 Å². The van der Waals surface area contributed by atoms with E-state index in [1.807, 2.05) is 0 Å². The van der Waals surface area contributed by atoms with Gasteiger partial charge in [0.15, 0.2) is 0 Å². The number of ketones is 6. The predicted octanol–water partition coefficient (Wildman–Crippen LogP) is 3.29. The first kappa shape index (κ1) is 36.3. The quantitative estimate of drug-likeness (QED) is 0.304. The van der Waals surface area contributed by atoms with Crippen molar-refractivity contribution < 1.29 is 85.3 Å². The number of Topliss-reactive ketones (excluding diaryl/α,β-unsaturated/α-hetero) is 6. The molecule has 0 amide bonds. The molecule has 0 aliphatic rings. The number of hydrogen-bond acceptors (Lipinski definition) is 6. The molecule has 0 fully saturated rings. The number of carbonyl (C=O) groups is 6. The van der Waals surface area contributed by atoms with Crippen LogP contribution in [-0.4, -0.2) is 53.2 Å². The number of alkyl halides is 9. The van der Waals surface area contributed by atoms with Crippen LogP contribution in [0.1, 0.15) is 40.0 Å². The van der Waals surface area contributed by atoms with Crippen LogP contribution >= 0.6 is 0 Å². The SMILES string of the molecule is CC(=O)CC(=O)C(F)(F)F.CC(=O)CC(=O)C(F)(F)F.CC(=O)CC(=O)C(F)(F)F.[Fe+3]. The summed E-state index contributed by atoms with van der Waals surface area (Å²) in [6, 6.07) is 0. The molecule has 0 bridgehead atoms. The zero-order valence-electron chi connectivity index (χ0n) is 15.8. The molecule has 0 aliphatic heterocycles. The maximum atomic E-state index is 11.3. The molecule has 0 saturated heterocycles. The molecule has 0 atom stereocenters. The zero-order valence-corrected chi connectivity index (χ0v) is 16.9. The van der Waals surface area contributed by atoms with Crippen molar-refractivity contribution >= 4 is 34.7 Å². The summed E-state index contributed by atoms with van der Waals surface area (Å²) in [5, 5.41) is 0. The van der Waals surface area contributed by atoms with Gasteiger partial charge in [-0.2, -0.15) is 39.5 Å². The zero-order chi connectivity index (χ0) is 25.1. The Morgan fingerprint density at radius 2 is 0.581 bits per heavy atom. The van der Waals surface area contributed by atoms with E-state index in [-0.39, 0.29) is 17.1 Å². The molecule has 0 saturated carbocycles. The average Bonchev–Trinajstić information content (AvgIpc) is 2.43. The van der Waals surface area contributed by atoms with Crippen LogP contribution in [0.5, 0.6) is 0 Å². The van der Waals surface area contributed by atoms with Gasteiger partial charge in [-0.1, -0.05) is 0 Å². The molecular weight excluding hydrogens is 503 g/mol. The summed E-state index contributed by atoms with van der Waals surface area (Å²) in [6.07, 6.45) is -17.8. The van der Waals surface area contributed by atoms with Crippen molar-refractivity contribution in [2.45, 2.75) is 58.6 Å². The van der Waals surface area contributed by atoms with Crippen molar-refractivity contribution in [3.63, 3.8) is 0 Å². The van der Waals surface area contributed by atoms with Gasteiger partial charge in [0.05, 0.1) is 19.3 Å². The fourth-order valence-electron chi connectivity index (χ4n) is 0.979. The van der Waals surface area contributed by atoms with E-state index in [0.717, 1.165) is 20.8 Å². The van der Waals surface area contributed by atoms with E-state index in [0.29, 0.717) is 0 Å². The molecule has 0 spiro atoms. The molecule has 0 N–H and O–H groups in total. The second-order valence-electron chi connectivity index (χ2n) is 5.40. The summed E-state index contributed by atoms with van der Waals surface area (Å²) >= 11 is 0. The van der Waals surface area contributed by atoms with E-state index in [4.69, 9.17) is 0 Å². The monoisotopic (exact) mass is 518 g/mol. The molecule has 0 aliphatic carbocycles. The number of halogens is 9. The van der Waals surface area contributed by atoms with Crippen LogP contribution in [0.2, 0.25) is 0 Å². The van der Waals surface area contributed by atoms with E-state index in [2.05, 4.69) is 0 Å². The van der Waals surface area contributed by atoms with Crippen molar-refractivity contribution in [3.05, 3.63) is 0 Å². The van der Waals surface area contributed by atoms with E-state index < -0.39 is 72.5 Å². The predicted molar refractivity (Wildman–Crippen MR) is 79.1 cm³/mol. The molecule has 0 aromatic heterocycles. The second-order valence-corrected chi connectivity index (χ2v) is 5.40. The van der Waals surface area contributed by atoms with Gasteiger partial charge in [-0.3, -0.25) is 28.8 Å². The van der Waals surface area contributed by atoms with Gasteiger partial charge in [-0.15, -0.1) is 0 Å². The summed E-state index contributed by atoms with van der Waals surface area (Å²) in [6.45, 7) is 2.80. The van der Waals surface area contributed by atoms with Crippen LogP contribution in [0.3, 0.4) is 0 Å². The first-order valence-electron chi connectivity index (χ1n) is 7.30. The van der Waals surface area contributed by atoms with Crippen LogP contribution in [0.15, 0.2) is 0 Å². The van der Waals surface area contributed by atoms with Gasteiger partial charge < -0.3 is 0 Å². The number of hydrogen-bond donors (Lipinski definition) is 0. The van der Waals surface area contributed by atoms with E-state index in [1.165, 1.54) is 0 Å². The minimum Gasteiger partial charge on any atom is -0.300 e. The van der Waals surface area contributed by atoms with Crippen molar-refractivity contribution in [2.75, 3.05) is 0 Å². The summed E-state index contributed by atoms with van der Waals surface area (Å²) in [5.41, 5.74) is 0. The summed E-state index contributed by atoms with van der Waals surface area (Å²) in [5.74, 6) is -8.29. The van der Waals surface area contributed by atoms with Crippen LogP contribution in [-0.2, 0) is 45.8 Å². The van der Waals surface area contributed by atoms with Crippen molar-refractivity contribution in [1.29, 1.82) is 0 Å². The average molecular weight is 518 g/mol. The van der Waals surface area contributed by atoms with Gasteiger partial charge in [0.2, 0.25) is 17.3 Å². The molecule has 0 heterocycles. The second kappa shape index (κ2) is 14.8. The summed E-state index contributed by atoms with van der Waals surface area (Å²) < 4.78 is 102. The first-order chi connectivity index (χ1) is 13.0. The fourth-order valence-corrected chi connectivity index (χ4v) is 0.979. The Morgan fingerprint density at radius 3 is 0.613 bits per heavy atom. The molecule has 6 nitrogen and oxygen atoms in total. The van der Waals surface area contributed by atoms with E-state index in [9.17, 15) is 68.3 Å². The molecular formula is C15H15F9FeO6+3. The summed E-state index contributed by atoms with van der Waals surface area (Å²) in [4.78, 5) is 59.7. The van der Waals surface area contributed by atoms with E-state index in [1.54, 1.807) is 0 Å². The number of rotatable bonds is 6. The third kappa shape index (κ3) is 24.1. The third-order valence-electron chi connectivity index (χ3n) is 2.18. The van der Waals surface area contributed by atoms with Crippen LogP contribution in [0.4, 0.5) is 39.5 Å². The van der Waals surface area contributed by atoms with Gasteiger partial charge in [-0.25, -0.2) is 0 Å². The first-order valence-corrected chi connectivity index (χ1v) is 7.30. The van der Waals surface area contributed by atoms with Gasteiger partial charge in [0, 0.05) is 0 Å². The molecule has 31 heavy (non-hydrogen) atoms. The van der Waals surface area contributed by atoms with Gasteiger partial charge in [-0.05, 0) is 20.8 Å². The smallest absolute Gasteiger partial charge is 0.300 e. The van der Waals surface area contributed by atoms with Crippen LogP contribution in [0, 0.1) is 0 Å². The number of carbonyl (C=O) groups excluding carboxylic acids is 6. The van der Waals surface area contributed by atoms with Crippen LogP contribution in [0.25, 0.3) is 0 Å². The Morgan fingerprint density at radius 1 is 0.452 bits per heavy atom. The molecule has 179 valence electrons. The summed E-state index contributed by atoms with van der Waals surface area (Å²) in [7, 11) is 0. The van der Waals surface area contributed by atoms with E-state index >= 15 is 0 Å². The van der Waals surface area contributed by atoms with Crippen LogP contribution < -0.4 is 0 Å². The fraction of sp³-hybridized carbons (Fsp3) is 0.600. The molecule has 0 unspecified atom stereocenters. The molecule has 0 rings (SSSR count). The van der Waals surface area contributed by atoms with Gasteiger partial charge in [0.25, 0.3) is 0 Å². The van der Waals surface area contributed by atoms with Gasteiger partial charge in [0.1, 0.15) is 17.3 Å². The van der Waals surface area contributed by atoms with Gasteiger partial charge >= 0.3 is 35.6 Å². The minimum atomic E-state index is -4.87. The Balaban J connectivity index is -0.000000174. The molecule has 16 heteroatoms. The Labute approximate surface area is 179 Å². The minimum absolute atomic E-state index is 0. The largest absolute Gasteiger partial charge is 3.00 e.